The van der Waals surface area contributed by atoms with Gasteiger partial charge in [0, 0.05) is 11.5 Å². The van der Waals surface area contributed by atoms with Crippen molar-refractivity contribution in [1.82, 2.24) is 0 Å². The molecular formula is C12H15FO2. The van der Waals surface area contributed by atoms with Crippen LogP contribution < -0.4 is 4.74 Å². The Morgan fingerprint density at radius 3 is 2.67 bits per heavy atom. The van der Waals surface area contributed by atoms with Crippen LogP contribution in [0.25, 0.3) is 0 Å². The lowest BCUT2D eigenvalue weighted by Gasteiger charge is -2.08. The van der Waals surface area contributed by atoms with Crippen LogP contribution in [0.5, 0.6) is 5.75 Å². The van der Waals surface area contributed by atoms with Gasteiger partial charge in [-0.15, -0.1) is 0 Å². The highest BCUT2D eigenvalue weighted by molar-refractivity contribution is 5.97. The Kier molecular flexibility index (Phi) is 3.83. The highest BCUT2D eigenvalue weighted by Gasteiger charge is 2.15. The Hall–Kier alpha value is -1.38. The molecule has 1 aromatic rings. The Labute approximate surface area is 89.1 Å². The molecule has 0 fully saturated rings. The van der Waals surface area contributed by atoms with Gasteiger partial charge < -0.3 is 4.74 Å². The third kappa shape index (κ3) is 2.55. The molecule has 15 heavy (non-hydrogen) atoms. The fourth-order valence-corrected chi connectivity index (χ4v) is 1.29. The standard InChI is InChI=1S/C12H15FO2/c1-4-8(2)12(14)9-5-6-11(15-3)10(13)7-9/h5-8H,4H2,1-3H3. The molecule has 0 saturated carbocycles. The summed E-state index contributed by atoms with van der Waals surface area (Å²) in [4.78, 5) is 11.7. The van der Waals surface area contributed by atoms with E-state index in [2.05, 4.69) is 0 Å². The zero-order chi connectivity index (χ0) is 11.4. The lowest BCUT2D eigenvalue weighted by Crippen LogP contribution is -2.10. The molecule has 0 aliphatic rings. The minimum absolute atomic E-state index is 0.0287. The Morgan fingerprint density at radius 2 is 2.20 bits per heavy atom. The van der Waals surface area contributed by atoms with E-state index in [1.807, 2.05) is 13.8 Å². The maximum atomic E-state index is 13.3. The van der Waals surface area contributed by atoms with E-state index in [-0.39, 0.29) is 17.5 Å². The highest BCUT2D eigenvalue weighted by Crippen LogP contribution is 2.20. The molecule has 0 spiro atoms. The van der Waals surface area contributed by atoms with E-state index in [4.69, 9.17) is 4.74 Å². The summed E-state index contributed by atoms with van der Waals surface area (Å²) in [6.45, 7) is 3.77. The number of benzene rings is 1. The first-order valence-electron chi connectivity index (χ1n) is 4.97. The summed E-state index contributed by atoms with van der Waals surface area (Å²) in [6.07, 6.45) is 0.756. The average molecular weight is 210 g/mol. The molecule has 0 amide bonds. The fourth-order valence-electron chi connectivity index (χ4n) is 1.29. The number of Topliss-reactive ketones (excluding diaryl/α,β-unsaturated/α-hetero) is 1. The molecule has 0 N–H and O–H groups in total. The minimum Gasteiger partial charge on any atom is -0.494 e. The third-order valence-electron chi connectivity index (χ3n) is 2.50. The van der Waals surface area contributed by atoms with Gasteiger partial charge in [0.05, 0.1) is 7.11 Å². The monoisotopic (exact) mass is 210 g/mol. The second kappa shape index (κ2) is 4.91. The first-order chi connectivity index (χ1) is 7.10. The molecule has 1 atom stereocenters. The van der Waals surface area contributed by atoms with Gasteiger partial charge in [-0.3, -0.25) is 4.79 Å². The number of hydrogen-bond acceptors (Lipinski definition) is 2. The molecule has 3 heteroatoms. The SMILES string of the molecule is CCC(C)C(=O)c1ccc(OC)c(F)c1. The van der Waals surface area contributed by atoms with Crippen LogP contribution >= 0.6 is 0 Å². The molecule has 2 nitrogen and oxygen atoms in total. The van der Waals surface area contributed by atoms with Crippen molar-refractivity contribution in [3.63, 3.8) is 0 Å². The molecule has 0 bridgehead atoms. The Balaban J connectivity index is 2.97. The second-order valence-corrected chi connectivity index (χ2v) is 3.52. The molecule has 0 heterocycles. The molecule has 1 rings (SSSR count). The van der Waals surface area contributed by atoms with Crippen molar-refractivity contribution in [3.05, 3.63) is 29.6 Å². The van der Waals surface area contributed by atoms with Gasteiger partial charge >= 0.3 is 0 Å². The van der Waals surface area contributed by atoms with Crippen molar-refractivity contribution in [1.29, 1.82) is 0 Å². The van der Waals surface area contributed by atoms with Crippen molar-refractivity contribution in [2.75, 3.05) is 7.11 Å². The first kappa shape index (κ1) is 11.7. The summed E-state index contributed by atoms with van der Waals surface area (Å²) in [5.41, 5.74) is 0.405. The zero-order valence-corrected chi connectivity index (χ0v) is 9.21. The number of hydrogen-bond donors (Lipinski definition) is 0. The summed E-state index contributed by atoms with van der Waals surface area (Å²) in [6, 6.07) is 4.30. The lowest BCUT2D eigenvalue weighted by molar-refractivity contribution is 0.0926. The number of carbonyl (C=O) groups excluding carboxylic acids is 1. The van der Waals surface area contributed by atoms with Crippen LogP contribution in [-0.2, 0) is 0 Å². The third-order valence-corrected chi connectivity index (χ3v) is 2.50. The van der Waals surface area contributed by atoms with Gasteiger partial charge in [-0.1, -0.05) is 13.8 Å². The molecule has 0 aliphatic heterocycles. The largest absolute Gasteiger partial charge is 0.494 e. The summed E-state index contributed by atoms with van der Waals surface area (Å²) in [7, 11) is 1.40. The number of halogens is 1. The van der Waals surface area contributed by atoms with E-state index in [9.17, 15) is 9.18 Å². The predicted octanol–water partition coefficient (Wildman–Crippen LogP) is 3.06. The Bertz CT molecular complexity index is 361. The smallest absolute Gasteiger partial charge is 0.165 e. The number of ether oxygens (including phenoxy) is 1. The molecule has 82 valence electrons. The second-order valence-electron chi connectivity index (χ2n) is 3.52. The van der Waals surface area contributed by atoms with Crippen LogP contribution in [0, 0.1) is 11.7 Å². The van der Waals surface area contributed by atoms with Crippen LogP contribution in [0.3, 0.4) is 0 Å². The van der Waals surface area contributed by atoms with E-state index in [1.54, 1.807) is 6.07 Å². The van der Waals surface area contributed by atoms with Crippen molar-refractivity contribution in [3.8, 4) is 5.75 Å². The summed E-state index contributed by atoms with van der Waals surface area (Å²) < 4.78 is 18.1. The highest BCUT2D eigenvalue weighted by atomic mass is 19.1. The van der Waals surface area contributed by atoms with Gasteiger partial charge in [-0.05, 0) is 24.6 Å². The van der Waals surface area contributed by atoms with Gasteiger partial charge in [0.1, 0.15) is 0 Å². The predicted molar refractivity (Wildman–Crippen MR) is 56.7 cm³/mol. The van der Waals surface area contributed by atoms with Crippen molar-refractivity contribution in [2.45, 2.75) is 20.3 Å². The number of methoxy groups -OCH3 is 1. The first-order valence-corrected chi connectivity index (χ1v) is 4.97. The molecule has 1 aromatic carbocycles. The van der Waals surface area contributed by atoms with Crippen molar-refractivity contribution >= 4 is 5.78 Å². The van der Waals surface area contributed by atoms with Gasteiger partial charge in [-0.25, -0.2) is 4.39 Å². The molecule has 1 unspecified atom stereocenters. The molecule has 0 aliphatic carbocycles. The molecule has 0 saturated heterocycles. The van der Waals surface area contributed by atoms with Crippen LogP contribution in [0.1, 0.15) is 30.6 Å². The van der Waals surface area contributed by atoms with Crippen molar-refractivity contribution in [2.24, 2.45) is 5.92 Å². The lowest BCUT2D eigenvalue weighted by atomic mass is 9.97. The van der Waals surface area contributed by atoms with Gasteiger partial charge in [0.25, 0.3) is 0 Å². The number of carbonyl (C=O) groups is 1. The Morgan fingerprint density at radius 1 is 1.53 bits per heavy atom. The van der Waals surface area contributed by atoms with E-state index in [0.717, 1.165) is 6.42 Å². The van der Waals surface area contributed by atoms with Crippen LogP contribution in [0.15, 0.2) is 18.2 Å². The maximum Gasteiger partial charge on any atom is 0.165 e. The average Bonchev–Trinajstić information content (AvgIpc) is 2.26. The summed E-state index contributed by atoms with van der Waals surface area (Å²) in [5.74, 6) is -0.431. The van der Waals surface area contributed by atoms with E-state index < -0.39 is 5.82 Å². The summed E-state index contributed by atoms with van der Waals surface area (Å²) >= 11 is 0. The molecular weight excluding hydrogens is 195 g/mol. The molecule has 0 aromatic heterocycles. The van der Waals surface area contributed by atoms with E-state index in [0.29, 0.717) is 5.56 Å². The fraction of sp³-hybridized carbons (Fsp3) is 0.417. The van der Waals surface area contributed by atoms with Crippen LogP contribution in [0.2, 0.25) is 0 Å². The van der Waals surface area contributed by atoms with Gasteiger partial charge in [-0.2, -0.15) is 0 Å². The van der Waals surface area contributed by atoms with E-state index >= 15 is 0 Å². The topological polar surface area (TPSA) is 26.3 Å². The van der Waals surface area contributed by atoms with Crippen LogP contribution in [-0.4, -0.2) is 12.9 Å². The molecule has 0 radical (unpaired) electrons. The van der Waals surface area contributed by atoms with E-state index in [1.165, 1.54) is 19.2 Å². The normalized spacial score (nSPS) is 12.3. The zero-order valence-electron chi connectivity index (χ0n) is 9.21. The number of ketones is 1. The summed E-state index contributed by atoms with van der Waals surface area (Å²) in [5, 5.41) is 0. The van der Waals surface area contributed by atoms with Gasteiger partial charge in [0.2, 0.25) is 0 Å². The maximum absolute atomic E-state index is 13.3. The minimum atomic E-state index is -0.494. The van der Waals surface area contributed by atoms with Crippen molar-refractivity contribution < 1.29 is 13.9 Å². The quantitative estimate of drug-likeness (QED) is 0.714. The van der Waals surface area contributed by atoms with Crippen LogP contribution in [0.4, 0.5) is 4.39 Å². The van der Waals surface area contributed by atoms with Gasteiger partial charge in [0.15, 0.2) is 17.3 Å². The number of rotatable bonds is 4.